The molecule has 30 heavy (non-hydrogen) atoms. The van der Waals surface area contributed by atoms with E-state index >= 15 is 0 Å². The Balaban J connectivity index is 0.00000420. The summed E-state index contributed by atoms with van der Waals surface area (Å²) in [6, 6.07) is 3.83. The van der Waals surface area contributed by atoms with E-state index in [0.717, 1.165) is 19.2 Å². The summed E-state index contributed by atoms with van der Waals surface area (Å²) in [5, 5.41) is 20.2. The van der Waals surface area contributed by atoms with Crippen molar-refractivity contribution in [3.8, 4) is 23.0 Å². The van der Waals surface area contributed by atoms with Gasteiger partial charge in [0.25, 0.3) is 10.1 Å². The van der Waals surface area contributed by atoms with Crippen LogP contribution in [0.15, 0.2) is 34.1 Å². The fourth-order valence-corrected chi connectivity index (χ4v) is 3.91. The van der Waals surface area contributed by atoms with Gasteiger partial charge < -0.3 is 19.7 Å². The minimum absolute atomic E-state index is 0. The number of phenols is 2. The number of phenolic OH excluding ortho intramolecular Hbond substituents is 2. The zero-order valence-electron chi connectivity index (χ0n) is 16.3. The monoisotopic (exact) mass is 480 g/mol. The van der Waals surface area contributed by atoms with Crippen LogP contribution in [0.5, 0.6) is 23.0 Å². The van der Waals surface area contributed by atoms with E-state index in [2.05, 4.69) is 4.74 Å². The van der Waals surface area contributed by atoms with Gasteiger partial charge in [-0.3, -0.25) is 13.9 Å². The molecule has 2 aromatic rings. The van der Waals surface area contributed by atoms with Crippen LogP contribution >= 0.6 is 0 Å². The molecule has 2 rings (SSSR count). The molecule has 154 valence electrons. The first-order valence-electron chi connectivity index (χ1n) is 7.13. The minimum atomic E-state index is -5.30. The summed E-state index contributed by atoms with van der Waals surface area (Å²) in [5.41, 5.74) is -1.40. The fraction of sp³-hybridized carbons (Fsp3) is 0.133. The molecule has 0 saturated carbocycles. The number of ether oxygens (including phenoxy) is 2. The molecule has 0 aromatic heterocycles. The second kappa shape index (κ2) is 10.6. The maximum atomic E-state index is 12.7. The maximum absolute atomic E-state index is 12.7. The summed E-state index contributed by atoms with van der Waals surface area (Å²) >= 11 is 0. The third kappa shape index (κ3) is 5.88. The third-order valence-corrected chi connectivity index (χ3v) is 5.36. The van der Waals surface area contributed by atoms with Crippen molar-refractivity contribution >= 4 is 85.1 Å². The van der Waals surface area contributed by atoms with E-state index in [1.54, 1.807) is 0 Å². The standard InChI is InChI=1S/C15H14O11S2.2Na/c1-25-7-3-4-8(10(16)5-7)12(17)9-6-11(27(19,20)21)14(26-2)15(13(9)18)28(22,23)24;;/h3-6,16,18H,1-2H3,(H,19,20,21)(H,22,23,24);;. The van der Waals surface area contributed by atoms with Crippen LogP contribution in [0.2, 0.25) is 0 Å². The molecule has 0 amide bonds. The smallest absolute Gasteiger partial charge is 0.302 e. The van der Waals surface area contributed by atoms with E-state index < -0.39 is 64.2 Å². The fourth-order valence-electron chi connectivity index (χ4n) is 2.38. The molecular weight excluding hydrogens is 466 g/mol. The van der Waals surface area contributed by atoms with Gasteiger partial charge in [-0.2, -0.15) is 16.8 Å². The number of carbonyl (C=O) groups is 1. The average Bonchev–Trinajstić information content (AvgIpc) is 2.58. The SMILES string of the molecule is COc1ccc(C(=O)c2cc(S(=O)(=O)O)c(OC)c(S(=O)(=O)O)c2O)c(O)c1.[Na].[Na]. The zero-order valence-corrected chi connectivity index (χ0v) is 21.9. The van der Waals surface area contributed by atoms with Gasteiger partial charge in [-0.15, -0.1) is 0 Å². The predicted molar refractivity (Wildman–Crippen MR) is 104 cm³/mol. The minimum Gasteiger partial charge on any atom is -0.507 e. The molecule has 0 atom stereocenters. The van der Waals surface area contributed by atoms with Gasteiger partial charge in [-0.05, 0) is 18.2 Å². The van der Waals surface area contributed by atoms with Crippen molar-refractivity contribution in [3.05, 3.63) is 35.4 Å². The summed E-state index contributed by atoms with van der Waals surface area (Å²) in [4.78, 5) is 10.1. The normalized spacial score (nSPS) is 11.1. The van der Waals surface area contributed by atoms with Crippen LogP contribution in [0, 0.1) is 0 Å². The summed E-state index contributed by atoms with van der Waals surface area (Å²) in [6.45, 7) is 0. The summed E-state index contributed by atoms with van der Waals surface area (Å²) in [5.74, 6) is -4.10. The summed E-state index contributed by atoms with van der Waals surface area (Å²) in [6.07, 6.45) is 0. The van der Waals surface area contributed by atoms with Crippen molar-refractivity contribution in [2.75, 3.05) is 14.2 Å². The average molecular weight is 480 g/mol. The van der Waals surface area contributed by atoms with Gasteiger partial charge in [0, 0.05) is 65.2 Å². The first-order chi connectivity index (χ1) is 12.8. The molecule has 0 bridgehead atoms. The summed E-state index contributed by atoms with van der Waals surface area (Å²) in [7, 11) is -8.35. The van der Waals surface area contributed by atoms with Gasteiger partial charge >= 0.3 is 10.1 Å². The topological polar surface area (TPSA) is 185 Å². The molecule has 4 N–H and O–H groups in total. The van der Waals surface area contributed by atoms with E-state index in [0.29, 0.717) is 6.07 Å². The number of ketones is 1. The molecule has 0 fully saturated rings. The first kappa shape index (κ1) is 29.1. The Morgan fingerprint density at radius 2 is 1.43 bits per heavy atom. The molecule has 2 radical (unpaired) electrons. The maximum Gasteiger partial charge on any atom is 0.302 e. The molecule has 0 aliphatic heterocycles. The van der Waals surface area contributed by atoms with Crippen molar-refractivity contribution in [2.24, 2.45) is 0 Å². The van der Waals surface area contributed by atoms with Crippen LogP contribution in [0.3, 0.4) is 0 Å². The molecule has 0 saturated heterocycles. The number of hydrogen-bond donors (Lipinski definition) is 4. The molecule has 2 aromatic carbocycles. The van der Waals surface area contributed by atoms with Gasteiger partial charge in [-0.1, -0.05) is 0 Å². The number of rotatable bonds is 6. The second-order valence-corrected chi connectivity index (χ2v) is 8.04. The van der Waals surface area contributed by atoms with Crippen molar-refractivity contribution < 1.29 is 50.4 Å². The molecule has 11 nitrogen and oxygen atoms in total. The number of hydrogen-bond acceptors (Lipinski definition) is 9. The molecule has 0 aliphatic rings. The van der Waals surface area contributed by atoms with Crippen LogP contribution < -0.4 is 9.47 Å². The Bertz CT molecular complexity index is 1180. The largest absolute Gasteiger partial charge is 0.507 e. The number of carbonyl (C=O) groups excluding carboxylic acids is 1. The summed E-state index contributed by atoms with van der Waals surface area (Å²) < 4.78 is 74.6. The Morgan fingerprint density at radius 1 is 0.867 bits per heavy atom. The van der Waals surface area contributed by atoms with E-state index in [9.17, 15) is 40.9 Å². The van der Waals surface area contributed by atoms with Crippen molar-refractivity contribution in [1.29, 1.82) is 0 Å². The second-order valence-electron chi connectivity index (χ2n) is 5.30. The first-order valence-corrected chi connectivity index (χ1v) is 10.0. The van der Waals surface area contributed by atoms with Crippen LogP contribution in [-0.4, -0.2) is 115 Å². The van der Waals surface area contributed by atoms with Crippen LogP contribution in [0.1, 0.15) is 15.9 Å². The van der Waals surface area contributed by atoms with Crippen molar-refractivity contribution in [2.45, 2.75) is 9.79 Å². The number of methoxy groups -OCH3 is 2. The predicted octanol–water partition coefficient (Wildman–Crippen LogP) is 0.0778. The van der Waals surface area contributed by atoms with E-state index in [1.807, 2.05) is 0 Å². The van der Waals surface area contributed by atoms with Gasteiger partial charge in [0.15, 0.2) is 16.4 Å². The Kier molecular flexibility index (Phi) is 10.3. The molecule has 15 heteroatoms. The Labute approximate surface area is 216 Å². The van der Waals surface area contributed by atoms with E-state index in [4.69, 9.17) is 4.74 Å². The van der Waals surface area contributed by atoms with Gasteiger partial charge in [0.2, 0.25) is 5.78 Å². The number of benzene rings is 2. The molecule has 0 unspecified atom stereocenters. The van der Waals surface area contributed by atoms with Crippen LogP contribution in [0.25, 0.3) is 0 Å². The van der Waals surface area contributed by atoms with Crippen LogP contribution in [-0.2, 0) is 20.2 Å². The van der Waals surface area contributed by atoms with Crippen molar-refractivity contribution in [1.82, 2.24) is 0 Å². The zero-order chi connectivity index (χ0) is 21.4. The molecule has 0 heterocycles. The number of aromatic hydroxyl groups is 2. The molecular formula is C15H14Na2O11S2. The van der Waals surface area contributed by atoms with Gasteiger partial charge in [0.1, 0.15) is 16.4 Å². The third-order valence-electron chi connectivity index (χ3n) is 3.61. The van der Waals surface area contributed by atoms with Crippen molar-refractivity contribution in [3.63, 3.8) is 0 Å². The van der Waals surface area contributed by atoms with E-state index in [1.165, 1.54) is 13.2 Å². The van der Waals surface area contributed by atoms with Gasteiger partial charge in [-0.25, -0.2) is 0 Å². The van der Waals surface area contributed by atoms with Gasteiger partial charge in [0.05, 0.1) is 25.3 Å². The Hall–Kier alpha value is -0.870. The quantitative estimate of drug-likeness (QED) is 0.249. The van der Waals surface area contributed by atoms with Crippen LogP contribution in [0.4, 0.5) is 0 Å². The molecule has 0 spiro atoms. The van der Waals surface area contributed by atoms with E-state index in [-0.39, 0.29) is 64.9 Å². The Morgan fingerprint density at radius 3 is 1.83 bits per heavy atom. The molecule has 0 aliphatic carbocycles.